The molecule has 1 atom stereocenters. The Morgan fingerprint density at radius 3 is 2.50 bits per heavy atom. The predicted molar refractivity (Wildman–Crippen MR) is 74.5 cm³/mol. The van der Waals surface area contributed by atoms with Gasteiger partial charge in [-0.15, -0.1) is 0 Å². The summed E-state index contributed by atoms with van der Waals surface area (Å²) in [5.74, 6) is -0.512. The second kappa shape index (κ2) is 6.88. The molecule has 0 spiro atoms. The van der Waals surface area contributed by atoms with Crippen molar-refractivity contribution in [1.82, 2.24) is 9.88 Å². The minimum absolute atomic E-state index is 0.0157. The maximum atomic E-state index is 11.8. The Morgan fingerprint density at radius 2 is 1.95 bits per heavy atom. The largest absolute Gasteiger partial charge is 0.465 e. The standard InChI is InChI=1S/C14H20N2O4/c1-9(2)10(3)15-12(17)8-16-7-11(14(19)20-4)5-6-13(16)18/h5-7,9-10H,8H2,1-4H3,(H,15,17)/t10-/m0/s1. The Hall–Kier alpha value is -2.11. The smallest absolute Gasteiger partial charge is 0.339 e. The van der Waals surface area contributed by atoms with E-state index in [4.69, 9.17) is 0 Å². The Kier molecular flexibility index (Phi) is 5.49. The van der Waals surface area contributed by atoms with E-state index in [1.54, 1.807) is 0 Å². The number of carbonyl (C=O) groups excluding carboxylic acids is 2. The molecule has 6 nitrogen and oxygen atoms in total. The van der Waals surface area contributed by atoms with E-state index in [-0.39, 0.29) is 29.6 Å². The normalized spacial score (nSPS) is 12.1. The van der Waals surface area contributed by atoms with Crippen LogP contribution in [0.1, 0.15) is 31.1 Å². The van der Waals surface area contributed by atoms with Crippen molar-refractivity contribution >= 4 is 11.9 Å². The third kappa shape index (κ3) is 4.22. The topological polar surface area (TPSA) is 77.4 Å². The second-order valence-electron chi connectivity index (χ2n) is 4.98. The first-order chi connectivity index (χ1) is 9.35. The third-order valence-corrected chi connectivity index (χ3v) is 3.11. The first kappa shape index (κ1) is 15.9. The van der Waals surface area contributed by atoms with Gasteiger partial charge in [-0.1, -0.05) is 13.8 Å². The molecule has 0 bridgehead atoms. The summed E-state index contributed by atoms with van der Waals surface area (Å²) in [6.45, 7) is 5.76. The van der Waals surface area contributed by atoms with Gasteiger partial charge in [-0.05, 0) is 18.9 Å². The average Bonchev–Trinajstić information content (AvgIpc) is 2.40. The summed E-state index contributed by atoms with van der Waals surface area (Å²) < 4.78 is 5.77. The number of pyridine rings is 1. The summed E-state index contributed by atoms with van der Waals surface area (Å²) in [6, 6.07) is 2.63. The zero-order valence-corrected chi connectivity index (χ0v) is 12.2. The highest BCUT2D eigenvalue weighted by atomic mass is 16.5. The molecule has 0 saturated carbocycles. The lowest BCUT2D eigenvalue weighted by molar-refractivity contribution is -0.122. The average molecular weight is 280 g/mol. The first-order valence-corrected chi connectivity index (χ1v) is 6.43. The van der Waals surface area contributed by atoms with Gasteiger partial charge in [0.2, 0.25) is 5.91 Å². The fraction of sp³-hybridized carbons (Fsp3) is 0.500. The quantitative estimate of drug-likeness (QED) is 0.809. The van der Waals surface area contributed by atoms with E-state index in [0.29, 0.717) is 5.92 Å². The van der Waals surface area contributed by atoms with E-state index < -0.39 is 5.97 Å². The molecule has 0 unspecified atom stereocenters. The molecule has 0 fully saturated rings. The van der Waals surface area contributed by atoms with Crippen molar-refractivity contribution < 1.29 is 14.3 Å². The molecule has 0 aliphatic rings. The lowest BCUT2D eigenvalue weighted by Crippen LogP contribution is -2.39. The van der Waals surface area contributed by atoms with Gasteiger partial charge in [0.05, 0.1) is 12.7 Å². The molecule has 110 valence electrons. The van der Waals surface area contributed by atoms with Gasteiger partial charge in [0.15, 0.2) is 0 Å². The number of hydrogen-bond donors (Lipinski definition) is 1. The Bertz CT molecular complexity index is 548. The first-order valence-electron chi connectivity index (χ1n) is 6.43. The summed E-state index contributed by atoms with van der Waals surface area (Å²) >= 11 is 0. The summed E-state index contributed by atoms with van der Waals surface area (Å²) in [5, 5.41) is 2.80. The molecule has 0 aliphatic heterocycles. The maximum absolute atomic E-state index is 11.8. The lowest BCUT2D eigenvalue weighted by atomic mass is 10.1. The van der Waals surface area contributed by atoms with Gasteiger partial charge in [-0.2, -0.15) is 0 Å². The number of nitrogens with zero attached hydrogens (tertiary/aromatic N) is 1. The molecule has 0 aliphatic carbocycles. The number of rotatable bonds is 5. The van der Waals surface area contributed by atoms with Gasteiger partial charge < -0.3 is 14.6 Å². The van der Waals surface area contributed by atoms with Crippen molar-refractivity contribution in [1.29, 1.82) is 0 Å². The molecule has 0 radical (unpaired) electrons. The molecule has 1 aromatic heterocycles. The summed E-state index contributed by atoms with van der Waals surface area (Å²) in [6.07, 6.45) is 1.33. The fourth-order valence-electron chi connectivity index (χ4n) is 1.51. The zero-order chi connectivity index (χ0) is 15.3. The lowest BCUT2D eigenvalue weighted by Gasteiger charge is -2.17. The Balaban J connectivity index is 2.84. The molecule has 1 amide bonds. The number of amides is 1. The van der Waals surface area contributed by atoms with Gasteiger partial charge in [-0.25, -0.2) is 4.79 Å². The second-order valence-corrected chi connectivity index (χ2v) is 4.98. The molecule has 1 rings (SSSR count). The van der Waals surface area contributed by atoms with Crippen LogP contribution in [0.2, 0.25) is 0 Å². The number of methoxy groups -OCH3 is 1. The SMILES string of the molecule is COC(=O)c1ccc(=O)n(CC(=O)N[C@@H](C)C(C)C)c1. The van der Waals surface area contributed by atoms with E-state index in [0.717, 1.165) is 0 Å². The highest BCUT2D eigenvalue weighted by Crippen LogP contribution is 2.01. The van der Waals surface area contributed by atoms with Crippen LogP contribution in [0.25, 0.3) is 0 Å². The monoisotopic (exact) mass is 280 g/mol. The van der Waals surface area contributed by atoms with Gasteiger partial charge >= 0.3 is 5.97 Å². The van der Waals surface area contributed by atoms with Crippen LogP contribution in [-0.4, -0.2) is 29.6 Å². The van der Waals surface area contributed by atoms with Crippen LogP contribution >= 0.6 is 0 Å². The van der Waals surface area contributed by atoms with Crippen molar-refractivity contribution in [3.8, 4) is 0 Å². The van der Waals surface area contributed by atoms with Gasteiger partial charge in [0.25, 0.3) is 5.56 Å². The summed E-state index contributed by atoms with van der Waals surface area (Å²) in [5.41, 5.74) is -0.109. The Morgan fingerprint density at radius 1 is 1.30 bits per heavy atom. The van der Waals surface area contributed by atoms with Crippen LogP contribution in [0.5, 0.6) is 0 Å². The minimum Gasteiger partial charge on any atom is -0.465 e. The van der Waals surface area contributed by atoms with Crippen molar-refractivity contribution in [2.24, 2.45) is 5.92 Å². The number of nitrogens with one attached hydrogen (secondary N) is 1. The van der Waals surface area contributed by atoms with Gasteiger partial charge in [0, 0.05) is 18.3 Å². The van der Waals surface area contributed by atoms with Crippen LogP contribution < -0.4 is 10.9 Å². The fourth-order valence-corrected chi connectivity index (χ4v) is 1.51. The molecule has 1 aromatic rings. The third-order valence-electron chi connectivity index (χ3n) is 3.11. The van der Waals surface area contributed by atoms with Crippen molar-refractivity contribution in [2.45, 2.75) is 33.4 Å². The highest BCUT2D eigenvalue weighted by Gasteiger charge is 2.13. The summed E-state index contributed by atoms with van der Waals surface area (Å²) in [7, 11) is 1.26. The molecule has 20 heavy (non-hydrogen) atoms. The Labute approximate surface area is 117 Å². The molecule has 6 heteroatoms. The molecule has 1 heterocycles. The van der Waals surface area contributed by atoms with E-state index in [1.165, 1.54) is 30.0 Å². The van der Waals surface area contributed by atoms with Crippen molar-refractivity contribution in [3.05, 3.63) is 34.2 Å². The molecular formula is C14H20N2O4. The van der Waals surface area contributed by atoms with Crippen LogP contribution in [0, 0.1) is 5.92 Å². The van der Waals surface area contributed by atoms with E-state index in [9.17, 15) is 14.4 Å². The number of carbonyl (C=O) groups is 2. The molecular weight excluding hydrogens is 260 g/mol. The molecule has 1 N–H and O–H groups in total. The van der Waals surface area contributed by atoms with E-state index in [2.05, 4.69) is 10.1 Å². The molecule has 0 saturated heterocycles. The van der Waals surface area contributed by atoms with Crippen molar-refractivity contribution in [3.63, 3.8) is 0 Å². The minimum atomic E-state index is -0.547. The van der Waals surface area contributed by atoms with Crippen LogP contribution in [0.3, 0.4) is 0 Å². The van der Waals surface area contributed by atoms with E-state index in [1.807, 2.05) is 20.8 Å². The molecule has 0 aromatic carbocycles. The zero-order valence-electron chi connectivity index (χ0n) is 12.2. The van der Waals surface area contributed by atoms with Gasteiger partial charge in [-0.3, -0.25) is 9.59 Å². The number of esters is 1. The van der Waals surface area contributed by atoms with Crippen LogP contribution in [0.15, 0.2) is 23.1 Å². The van der Waals surface area contributed by atoms with Crippen LogP contribution in [-0.2, 0) is 16.1 Å². The number of hydrogen-bond acceptors (Lipinski definition) is 4. The van der Waals surface area contributed by atoms with E-state index >= 15 is 0 Å². The highest BCUT2D eigenvalue weighted by molar-refractivity contribution is 5.88. The number of ether oxygens (including phenoxy) is 1. The maximum Gasteiger partial charge on any atom is 0.339 e. The number of aromatic nitrogens is 1. The van der Waals surface area contributed by atoms with Crippen LogP contribution in [0.4, 0.5) is 0 Å². The summed E-state index contributed by atoms with van der Waals surface area (Å²) in [4.78, 5) is 34.9. The van der Waals surface area contributed by atoms with Crippen molar-refractivity contribution in [2.75, 3.05) is 7.11 Å². The predicted octanol–water partition coefficient (Wildman–Crippen LogP) is 0.796. The van der Waals surface area contributed by atoms with Gasteiger partial charge in [0.1, 0.15) is 6.54 Å².